The second-order valence-corrected chi connectivity index (χ2v) is 7.83. The fourth-order valence-electron chi connectivity index (χ4n) is 4.07. The molecule has 0 unspecified atom stereocenters. The molecule has 0 atom stereocenters. The first-order valence-electron chi connectivity index (χ1n) is 9.90. The van der Waals surface area contributed by atoms with Gasteiger partial charge in [0.25, 0.3) is 0 Å². The van der Waals surface area contributed by atoms with Crippen LogP contribution in [0.15, 0.2) is 47.7 Å². The number of nitrogens with zero attached hydrogens (tertiary/aromatic N) is 6. The highest BCUT2D eigenvalue weighted by Crippen LogP contribution is 2.36. The molecule has 0 saturated heterocycles. The molecule has 0 saturated carbocycles. The average molecular weight is 453 g/mol. The maximum atomic E-state index is 13.4. The Kier molecular flexibility index (Phi) is 4.35. The first-order chi connectivity index (χ1) is 15.6. The van der Waals surface area contributed by atoms with Crippen LogP contribution in [0.2, 0.25) is 0 Å². The molecule has 2 N–H and O–H groups in total. The third-order valence-corrected chi connectivity index (χ3v) is 5.67. The van der Waals surface area contributed by atoms with E-state index in [1.807, 2.05) is 0 Å². The molecule has 1 aromatic carbocycles. The molecule has 0 aliphatic heterocycles. The number of alkyl halides is 3. The predicted molar refractivity (Wildman–Crippen MR) is 118 cm³/mol. The lowest BCUT2D eigenvalue weighted by atomic mass is 10.0. The van der Waals surface area contributed by atoms with Crippen LogP contribution < -0.4 is 11.4 Å². The van der Waals surface area contributed by atoms with E-state index in [9.17, 15) is 18.0 Å². The molecule has 0 fully saturated rings. The minimum Gasteiger partial charge on any atom is -0.383 e. The van der Waals surface area contributed by atoms with Crippen LogP contribution in [0.4, 0.5) is 19.0 Å². The van der Waals surface area contributed by atoms with Gasteiger partial charge in [-0.3, -0.25) is 18.8 Å². The zero-order valence-corrected chi connectivity index (χ0v) is 17.8. The predicted octanol–water partition coefficient (Wildman–Crippen LogP) is 3.58. The Hall–Kier alpha value is -4.15. The third kappa shape index (κ3) is 3.15. The van der Waals surface area contributed by atoms with Gasteiger partial charge in [-0.1, -0.05) is 6.07 Å². The van der Waals surface area contributed by atoms with E-state index in [-0.39, 0.29) is 11.3 Å². The number of halogens is 3. The number of rotatable bonds is 2. The number of hydrogen-bond acceptors (Lipinski definition) is 5. The summed E-state index contributed by atoms with van der Waals surface area (Å²) in [5.74, 6) is -0.583. The van der Waals surface area contributed by atoms with E-state index in [1.54, 1.807) is 60.9 Å². The number of benzene rings is 1. The molecule has 5 aromatic rings. The van der Waals surface area contributed by atoms with Gasteiger partial charge in [0.1, 0.15) is 5.82 Å². The van der Waals surface area contributed by atoms with Crippen LogP contribution in [0.3, 0.4) is 0 Å². The van der Waals surface area contributed by atoms with E-state index in [0.29, 0.717) is 38.9 Å². The molecule has 33 heavy (non-hydrogen) atoms. The van der Waals surface area contributed by atoms with Crippen molar-refractivity contribution in [3.63, 3.8) is 0 Å². The number of nitrogen functional groups attached to an aromatic ring is 1. The van der Waals surface area contributed by atoms with E-state index in [2.05, 4.69) is 15.1 Å². The number of fused-ring (bicyclic) bond motifs is 3. The Morgan fingerprint density at radius 1 is 1.03 bits per heavy atom. The van der Waals surface area contributed by atoms with Crippen molar-refractivity contribution in [2.24, 2.45) is 14.1 Å². The van der Waals surface area contributed by atoms with Gasteiger partial charge in [0, 0.05) is 37.4 Å². The maximum Gasteiger partial charge on any atom is 0.419 e. The van der Waals surface area contributed by atoms with E-state index in [4.69, 9.17) is 5.73 Å². The second kappa shape index (κ2) is 6.92. The molecule has 0 radical (unpaired) electrons. The molecule has 8 nitrogen and oxygen atoms in total. The van der Waals surface area contributed by atoms with Crippen molar-refractivity contribution in [1.82, 2.24) is 28.9 Å². The molecule has 5 rings (SSSR count). The van der Waals surface area contributed by atoms with Gasteiger partial charge in [-0.15, -0.1) is 0 Å². The summed E-state index contributed by atoms with van der Waals surface area (Å²) < 4.78 is 44.7. The lowest BCUT2D eigenvalue weighted by molar-refractivity contribution is -0.137. The maximum absolute atomic E-state index is 13.4. The van der Waals surface area contributed by atoms with Crippen molar-refractivity contribution in [1.29, 1.82) is 0 Å². The van der Waals surface area contributed by atoms with Gasteiger partial charge in [0.2, 0.25) is 0 Å². The lowest BCUT2D eigenvalue weighted by Gasteiger charge is -2.12. The standard InChI is InChI=1S/C22H18F3N7O/c1-11-18(10-30(2)29-11)32-19-14-6-12(13-7-15(22(23,24)25)20(26)28-8-13)4-5-16(14)27-9-17(19)31(3)21(32)33/h4-10H,1-3H3,(H2,26,28). The molecule has 168 valence electrons. The smallest absolute Gasteiger partial charge is 0.383 e. The van der Waals surface area contributed by atoms with Crippen LogP contribution in [0, 0.1) is 6.92 Å². The van der Waals surface area contributed by atoms with Crippen LogP contribution in [-0.4, -0.2) is 28.9 Å². The largest absolute Gasteiger partial charge is 0.419 e. The zero-order valence-electron chi connectivity index (χ0n) is 17.8. The Morgan fingerprint density at radius 3 is 2.45 bits per heavy atom. The Labute approximate surface area is 184 Å². The number of anilines is 1. The monoisotopic (exact) mass is 453 g/mol. The highest BCUT2D eigenvalue weighted by atomic mass is 19.4. The van der Waals surface area contributed by atoms with Crippen molar-refractivity contribution in [2.45, 2.75) is 13.1 Å². The van der Waals surface area contributed by atoms with Gasteiger partial charge in [-0.05, 0) is 30.7 Å². The van der Waals surface area contributed by atoms with Gasteiger partial charge in [0.15, 0.2) is 0 Å². The number of nitrogens with two attached hydrogens (primary N) is 1. The third-order valence-electron chi connectivity index (χ3n) is 5.67. The molecule has 0 amide bonds. The fourth-order valence-corrected chi connectivity index (χ4v) is 4.07. The van der Waals surface area contributed by atoms with Crippen LogP contribution in [0.1, 0.15) is 11.3 Å². The normalized spacial score (nSPS) is 12.2. The summed E-state index contributed by atoms with van der Waals surface area (Å²) in [5, 5.41) is 4.94. The van der Waals surface area contributed by atoms with Gasteiger partial charge in [-0.2, -0.15) is 18.3 Å². The molecular formula is C22H18F3N7O. The summed E-state index contributed by atoms with van der Waals surface area (Å²) in [5.41, 5.74) is 7.93. The molecule has 4 heterocycles. The minimum absolute atomic E-state index is 0.248. The van der Waals surface area contributed by atoms with Crippen LogP contribution in [0.5, 0.6) is 0 Å². The molecule has 0 aliphatic rings. The van der Waals surface area contributed by atoms with Gasteiger partial charge in [-0.25, -0.2) is 9.78 Å². The Balaban J connectivity index is 1.84. The summed E-state index contributed by atoms with van der Waals surface area (Å²) in [6.45, 7) is 1.80. The number of hydrogen-bond donors (Lipinski definition) is 1. The minimum atomic E-state index is -4.63. The van der Waals surface area contributed by atoms with E-state index in [0.717, 1.165) is 6.07 Å². The molecule has 0 spiro atoms. The molecule has 0 bridgehead atoms. The lowest BCUT2D eigenvalue weighted by Crippen LogP contribution is -2.21. The molecule has 11 heteroatoms. The van der Waals surface area contributed by atoms with Crippen molar-refractivity contribution < 1.29 is 13.2 Å². The number of aryl methyl sites for hydroxylation is 3. The highest BCUT2D eigenvalue weighted by Gasteiger charge is 2.34. The Bertz CT molecular complexity index is 1630. The van der Waals surface area contributed by atoms with Gasteiger partial charge >= 0.3 is 11.9 Å². The van der Waals surface area contributed by atoms with E-state index >= 15 is 0 Å². The fraction of sp³-hybridized carbons (Fsp3) is 0.182. The van der Waals surface area contributed by atoms with Crippen molar-refractivity contribution in [2.75, 3.05) is 5.73 Å². The zero-order chi connectivity index (χ0) is 23.7. The SMILES string of the molecule is Cc1nn(C)cc1-n1c(=O)n(C)c2cnc3ccc(-c4cnc(N)c(C(F)(F)F)c4)cc3c21. The highest BCUT2D eigenvalue weighted by molar-refractivity contribution is 6.04. The average Bonchev–Trinajstić information content (AvgIpc) is 3.22. The van der Waals surface area contributed by atoms with Crippen molar-refractivity contribution in [3.05, 3.63) is 64.6 Å². The molecular weight excluding hydrogens is 435 g/mol. The van der Waals surface area contributed by atoms with Crippen LogP contribution in [-0.2, 0) is 20.3 Å². The number of aromatic nitrogens is 6. The quantitative estimate of drug-likeness (QED) is 0.441. The summed E-state index contributed by atoms with van der Waals surface area (Å²) in [6, 6.07) is 6.04. The summed E-state index contributed by atoms with van der Waals surface area (Å²) in [7, 11) is 3.40. The van der Waals surface area contributed by atoms with E-state index in [1.165, 1.54) is 10.8 Å². The first kappa shape index (κ1) is 20.7. The van der Waals surface area contributed by atoms with E-state index < -0.39 is 17.6 Å². The van der Waals surface area contributed by atoms with Crippen LogP contribution >= 0.6 is 0 Å². The number of pyridine rings is 2. The summed E-state index contributed by atoms with van der Waals surface area (Å²) >= 11 is 0. The van der Waals surface area contributed by atoms with Gasteiger partial charge in [0.05, 0.1) is 39.7 Å². The summed E-state index contributed by atoms with van der Waals surface area (Å²) in [4.78, 5) is 21.3. The first-order valence-corrected chi connectivity index (χ1v) is 9.90. The van der Waals surface area contributed by atoms with Crippen molar-refractivity contribution in [3.8, 4) is 16.8 Å². The second-order valence-electron chi connectivity index (χ2n) is 7.83. The topological polar surface area (TPSA) is 96.5 Å². The van der Waals surface area contributed by atoms with Gasteiger partial charge < -0.3 is 5.73 Å². The molecule has 0 aliphatic carbocycles. The Morgan fingerprint density at radius 2 is 1.79 bits per heavy atom. The summed E-state index contributed by atoms with van der Waals surface area (Å²) in [6.07, 6.45) is 0.0123. The molecule has 4 aromatic heterocycles. The van der Waals surface area contributed by atoms with Crippen molar-refractivity contribution >= 4 is 27.8 Å². The number of imidazole rings is 1. The van der Waals surface area contributed by atoms with Crippen LogP contribution in [0.25, 0.3) is 38.8 Å².